The van der Waals surface area contributed by atoms with Crippen LogP contribution in [0, 0.1) is 22.5 Å². The van der Waals surface area contributed by atoms with Crippen molar-refractivity contribution in [2.45, 2.75) is 168 Å². The van der Waals surface area contributed by atoms with E-state index in [0.29, 0.717) is 17.8 Å². The molecule has 0 saturated carbocycles. The molecule has 1 aliphatic carbocycles. The van der Waals surface area contributed by atoms with Gasteiger partial charge in [0.15, 0.2) is 11.6 Å². The molecule has 2 heterocycles. The van der Waals surface area contributed by atoms with Crippen molar-refractivity contribution in [3.8, 4) is 0 Å². The summed E-state index contributed by atoms with van der Waals surface area (Å²) < 4.78 is 30.5. The van der Waals surface area contributed by atoms with Crippen LogP contribution in [0.3, 0.4) is 0 Å². The van der Waals surface area contributed by atoms with E-state index in [-0.39, 0.29) is 54.4 Å². The first-order valence-corrected chi connectivity index (χ1v) is 30.1. The fourth-order valence-electron chi connectivity index (χ4n) is 10.6. The molecule has 6 N–H and O–H groups in total. The molecule has 3 aromatic carbocycles. The zero-order valence-electron chi connectivity index (χ0n) is 46.7. The number of benzene rings is 3. The Labute approximate surface area is 448 Å². The lowest BCUT2D eigenvalue weighted by Crippen LogP contribution is -2.60. The third-order valence-electron chi connectivity index (χ3n) is 15.4. The van der Waals surface area contributed by atoms with Gasteiger partial charge in [0.25, 0.3) is 5.91 Å². The van der Waals surface area contributed by atoms with Gasteiger partial charge in [0.1, 0.15) is 24.2 Å². The minimum Gasteiger partial charge on any atom is -0.347 e. The topological polar surface area (TPSA) is 201 Å². The first-order chi connectivity index (χ1) is 35.6. The number of nitrogens with zero attached hydrogens (tertiary/aromatic N) is 3. The molecule has 0 aromatic heterocycles. The Morgan fingerprint density at radius 3 is 1.89 bits per heavy atom. The van der Waals surface area contributed by atoms with Gasteiger partial charge >= 0.3 is 0 Å². The number of likely N-dealkylation sites (N-methyl/N-ethyl adjacent to an activating group) is 2. The van der Waals surface area contributed by atoms with Gasteiger partial charge in [-0.1, -0.05) is 103 Å². The Hall–Kier alpha value is -6.05. The highest BCUT2D eigenvalue weighted by Gasteiger charge is 2.51. The number of hydrogen-bond donors (Lipinski definition) is 6. The van der Waals surface area contributed by atoms with Crippen LogP contribution in [0.5, 0.6) is 0 Å². The fourth-order valence-corrected chi connectivity index (χ4v) is 13.5. The number of likely N-dealkylation sites (tertiary alicyclic amines) is 1. The number of nitrogens with one attached hydrogen (secondary N) is 6. The standard InChI is InChI=1S/C57H81F2N9O7Si/c1-33(60-10)49(69)64-47(56(4,5)6)54(74)67-30-39(28-44(67)52(72)63-43-23-16-19-37-18-14-15-20-41(37)43)62-51(71)38-26-24-36(25-27-38)29-66(35(3)40-21-17-22-42(58)46(40)59)53(73)45-31-76(12,13)32-68(45)55(75)48(57(7,8)9)65-50(70)34(2)61-11/h14-15,17-18,20-22,24-27,33-35,39,43-45,47-48,60-61H,16,19,23,28-32H2,1-13H3,(H,62,71)(H,63,72)(H,64,69)(H,65,70)/t33?,34?,35-,39+,43-,44+,45?,47?,48?/m1/s1. The second-order valence-electron chi connectivity index (χ2n) is 24.0. The first-order valence-electron chi connectivity index (χ1n) is 26.6. The van der Waals surface area contributed by atoms with Gasteiger partial charge in [-0.05, 0) is 112 Å². The lowest BCUT2D eigenvalue weighted by molar-refractivity contribution is -0.148. The van der Waals surface area contributed by atoms with E-state index in [4.69, 9.17) is 0 Å². The number of halogens is 2. The van der Waals surface area contributed by atoms with Gasteiger partial charge in [-0.3, -0.25) is 33.6 Å². The highest BCUT2D eigenvalue weighted by Crippen LogP contribution is 2.36. The molecule has 3 aromatic rings. The number of carbonyl (C=O) groups excluding carboxylic acids is 7. The molecular weight excluding hydrogens is 989 g/mol. The van der Waals surface area contributed by atoms with Crippen molar-refractivity contribution in [1.29, 1.82) is 0 Å². The molecule has 2 saturated heterocycles. The monoisotopic (exact) mass is 1070 g/mol. The molecule has 9 atom stereocenters. The van der Waals surface area contributed by atoms with E-state index < -0.39 is 103 Å². The summed E-state index contributed by atoms with van der Waals surface area (Å²) in [7, 11) is 1.04. The lowest BCUT2D eigenvalue weighted by atomic mass is 9.85. The summed E-state index contributed by atoms with van der Waals surface area (Å²) in [6.45, 7) is 20.1. The number of carbonyl (C=O) groups is 7. The molecule has 0 spiro atoms. The number of amides is 7. The minimum atomic E-state index is -2.25. The summed E-state index contributed by atoms with van der Waals surface area (Å²) in [5.74, 6) is -5.08. The Bertz CT molecular complexity index is 2640. The summed E-state index contributed by atoms with van der Waals surface area (Å²) in [6.07, 6.45) is 2.95. The zero-order valence-corrected chi connectivity index (χ0v) is 47.7. The van der Waals surface area contributed by atoms with Crippen LogP contribution < -0.4 is 31.9 Å². The molecule has 76 heavy (non-hydrogen) atoms. The SMILES string of the molecule is CNC(C)C(=O)NC(C(=O)N1C[Si](C)(C)CC1C(=O)N(Cc1ccc(C(=O)N[C@H]2C[C@@H](C(=O)N[C@@H]3CCCc4ccccc43)N(C(=O)C(NC(=O)C(C)NC)C(C)(C)C)C2)cc1)[C@H](C)c1cccc(F)c1F)C(C)(C)C. The van der Waals surface area contributed by atoms with E-state index in [1.54, 1.807) is 64.0 Å². The van der Waals surface area contributed by atoms with Crippen molar-refractivity contribution in [2.75, 3.05) is 26.8 Å². The van der Waals surface area contributed by atoms with Crippen LogP contribution in [0.2, 0.25) is 19.1 Å². The van der Waals surface area contributed by atoms with Crippen molar-refractivity contribution >= 4 is 49.4 Å². The largest absolute Gasteiger partial charge is 0.347 e. The lowest BCUT2D eigenvalue weighted by Gasteiger charge is -2.38. The molecule has 5 unspecified atom stereocenters. The van der Waals surface area contributed by atoms with Gasteiger partial charge in [0.05, 0.1) is 32.2 Å². The normalized spacial score (nSPS) is 21.3. The Morgan fingerprint density at radius 2 is 1.32 bits per heavy atom. The number of hydrogen-bond acceptors (Lipinski definition) is 9. The molecule has 0 bridgehead atoms. The van der Waals surface area contributed by atoms with Gasteiger partial charge in [-0.2, -0.15) is 0 Å². The number of aryl methyl sites for hydroxylation is 1. The molecular formula is C57H81F2N9O7Si. The van der Waals surface area contributed by atoms with E-state index >= 15 is 9.18 Å². The van der Waals surface area contributed by atoms with Crippen LogP contribution >= 0.6 is 0 Å². The smallest absolute Gasteiger partial charge is 0.251 e. The summed E-state index contributed by atoms with van der Waals surface area (Å²) in [5.41, 5.74) is 1.46. The summed E-state index contributed by atoms with van der Waals surface area (Å²) in [6, 6.07) is 11.7. The Morgan fingerprint density at radius 1 is 0.737 bits per heavy atom. The molecule has 3 aliphatic rings. The molecule has 7 amide bonds. The van der Waals surface area contributed by atoms with Crippen LogP contribution in [0.4, 0.5) is 8.78 Å². The van der Waals surface area contributed by atoms with Crippen LogP contribution in [0.25, 0.3) is 0 Å². The van der Waals surface area contributed by atoms with Crippen LogP contribution in [0.15, 0.2) is 66.7 Å². The second kappa shape index (κ2) is 24.1. The molecule has 16 nitrogen and oxygen atoms in total. The van der Waals surface area contributed by atoms with Gasteiger partial charge in [-0.15, -0.1) is 0 Å². The third kappa shape index (κ3) is 13.7. The van der Waals surface area contributed by atoms with Crippen molar-refractivity contribution in [2.24, 2.45) is 10.8 Å². The average Bonchev–Trinajstić information content (AvgIpc) is 3.95. The van der Waals surface area contributed by atoms with Crippen LogP contribution in [-0.4, -0.2) is 133 Å². The Balaban J connectivity index is 1.26. The third-order valence-corrected chi connectivity index (χ3v) is 18.1. The highest BCUT2D eigenvalue weighted by molar-refractivity contribution is 6.79. The fraction of sp³-hybridized carbons (Fsp3) is 0.561. The molecule has 414 valence electrons. The molecule has 6 rings (SSSR count). The minimum absolute atomic E-state index is 0.00405. The van der Waals surface area contributed by atoms with Crippen LogP contribution in [0.1, 0.15) is 126 Å². The van der Waals surface area contributed by atoms with E-state index in [1.807, 2.05) is 59.7 Å². The highest BCUT2D eigenvalue weighted by atomic mass is 28.3. The van der Waals surface area contributed by atoms with Gasteiger partial charge in [-0.25, -0.2) is 8.78 Å². The Kier molecular flexibility index (Phi) is 18.8. The van der Waals surface area contributed by atoms with E-state index in [9.17, 15) is 33.2 Å². The molecule has 19 heteroatoms. The zero-order chi connectivity index (χ0) is 56.2. The van der Waals surface area contributed by atoms with E-state index in [2.05, 4.69) is 51.1 Å². The molecule has 0 radical (unpaired) electrons. The van der Waals surface area contributed by atoms with E-state index in [1.165, 1.54) is 21.9 Å². The van der Waals surface area contributed by atoms with Gasteiger partial charge in [0.2, 0.25) is 35.4 Å². The van der Waals surface area contributed by atoms with Gasteiger partial charge < -0.3 is 46.6 Å². The predicted molar refractivity (Wildman–Crippen MR) is 291 cm³/mol. The maximum atomic E-state index is 15.6. The van der Waals surface area contributed by atoms with Crippen molar-refractivity contribution in [3.05, 3.63) is 106 Å². The predicted octanol–water partition coefficient (Wildman–Crippen LogP) is 5.68. The maximum absolute atomic E-state index is 15.6. The summed E-state index contributed by atoms with van der Waals surface area (Å²) in [4.78, 5) is 104. The second-order valence-corrected chi connectivity index (χ2v) is 29.1. The van der Waals surface area contributed by atoms with E-state index in [0.717, 1.165) is 36.5 Å². The summed E-state index contributed by atoms with van der Waals surface area (Å²) in [5, 5.41) is 17.9. The average molecular weight is 1070 g/mol. The van der Waals surface area contributed by atoms with Crippen molar-refractivity contribution in [1.82, 2.24) is 46.6 Å². The maximum Gasteiger partial charge on any atom is 0.251 e. The first kappa shape index (κ1) is 59.2. The number of rotatable bonds is 17. The quantitative estimate of drug-likeness (QED) is 0.0921. The van der Waals surface area contributed by atoms with Gasteiger partial charge in [0, 0.05) is 36.4 Å². The van der Waals surface area contributed by atoms with Crippen molar-refractivity contribution < 1.29 is 42.3 Å². The molecule has 2 fully saturated rings. The van der Waals surface area contributed by atoms with Crippen molar-refractivity contribution in [3.63, 3.8) is 0 Å². The number of fused-ring (bicyclic) bond motifs is 1. The molecule has 2 aliphatic heterocycles. The van der Waals surface area contributed by atoms with Crippen LogP contribution in [-0.2, 0) is 41.7 Å². The summed E-state index contributed by atoms with van der Waals surface area (Å²) >= 11 is 0.